The van der Waals surface area contributed by atoms with Gasteiger partial charge in [-0.1, -0.05) is 58.1 Å². The molecular formula is C26H50NO8P. The molecule has 0 fully saturated rings. The smallest absolute Gasteiger partial charge is 0.306 e. The standard InChI is InChI=1S/C26H50NO8P/c1-6-8-9-10-11-12-13-14-15-16-17-18-19-26(29)35-24(22-32-25(28)7-2)23-34-36(30,31)33-21-20-27(3,4)5/h11-12,24H,6-10,13-23H2,1-5H3/b12-11-. The quantitative estimate of drug-likeness (QED) is 0.0596. The Labute approximate surface area is 218 Å². The summed E-state index contributed by atoms with van der Waals surface area (Å²) in [7, 11) is 1.15. The molecule has 0 aliphatic carbocycles. The third-order valence-corrected chi connectivity index (χ3v) is 6.30. The maximum atomic E-state index is 12.2. The molecule has 0 saturated heterocycles. The van der Waals surface area contributed by atoms with Gasteiger partial charge >= 0.3 is 11.9 Å². The van der Waals surface area contributed by atoms with Crippen LogP contribution in [0.25, 0.3) is 0 Å². The third-order valence-electron chi connectivity index (χ3n) is 5.34. The molecule has 0 bridgehead atoms. The van der Waals surface area contributed by atoms with Gasteiger partial charge in [0.1, 0.15) is 19.8 Å². The van der Waals surface area contributed by atoms with E-state index >= 15 is 0 Å². The number of carbonyl (C=O) groups excluding carboxylic acids is 2. The highest BCUT2D eigenvalue weighted by molar-refractivity contribution is 7.45. The van der Waals surface area contributed by atoms with Gasteiger partial charge in [0.25, 0.3) is 7.82 Å². The van der Waals surface area contributed by atoms with Gasteiger partial charge in [-0.25, -0.2) is 0 Å². The monoisotopic (exact) mass is 535 g/mol. The van der Waals surface area contributed by atoms with Crippen molar-refractivity contribution in [3.05, 3.63) is 12.2 Å². The zero-order valence-corrected chi connectivity index (χ0v) is 24.1. The predicted octanol–water partition coefficient (Wildman–Crippen LogP) is 4.93. The largest absolute Gasteiger partial charge is 0.756 e. The fourth-order valence-electron chi connectivity index (χ4n) is 3.10. The zero-order chi connectivity index (χ0) is 27.3. The van der Waals surface area contributed by atoms with Crippen LogP contribution in [0.4, 0.5) is 0 Å². The van der Waals surface area contributed by atoms with Crippen molar-refractivity contribution in [1.29, 1.82) is 0 Å². The van der Waals surface area contributed by atoms with Crippen LogP contribution in [0.15, 0.2) is 12.2 Å². The summed E-state index contributed by atoms with van der Waals surface area (Å²) in [6.45, 7) is 3.53. The first kappa shape index (κ1) is 34.8. The number of nitrogens with zero attached hydrogens (tertiary/aromatic N) is 1. The molecule has 36 heavy (non-hydrogen) atoms. The normalized spacial score (nSPS) is 14.5. The van der Waals surface area contributed by atoms with E-state index in [-0.39, 0.29) is 26.1 Å². The van der Waals surface area contributed by atoms with Gasteiger partial charge in [0, 0.05) is 12.8 Å². The van der Waals surface area contributed by atoms with E-state index in [9.17, 15) is 19.0 Å². The molecule has 212 valence electrons. The highest BCUT2D eigenvalue weighted by Crippen LogP contribution is 2.38. The summed E-state index contributed by atoms with van der Waals surface area (Å²) in [4.78, 5) is 35.8. The van der Waals surface area contributed by atoms with E-state index < -0.39 is 32.5 Å². The number of likely N-dealkylation sites (N-methyl/N-ethyl adjacent to an activating group) is 1. The summed E-state index contributed by atoms with van der Waals surface area (Å²) in [5, 5.41) is 0. The number of quaternary nitrogens is 1. The van der Waals surface area contributed by atoms with Crippen LogP contribution in [-0.2, 0) is 32.7 Å². The van der Waals surface area contributed by atoms with Crippen LogP contribution in [0.3, 0.4) is 0 Å². The van der Waals surface area contributed by atoms with Crippen molar-refractivity contribution < 1.29 is 42.1 Å². The van der Waals surface area contributed by atoms with E-state index in [2.05, 4.69) is 19.1 Å². The average molecular weight is 536 g/mol. The molecule has 10 heteroatoms. The maximum absolute atomic E-state index is 12.2. The minimum absolute atomic E-state index is 0.0329. The van der Waals surface area contributed by atoms with Gasteiger partial charge in [0.05, 0.1) is 27.7 Å². The van der Waals surface area contributed by atoms with Gasteiger partial charge in [0.15, 0.2) is 6.10 Å². The fraction of sp³-hybridized carbons (Fsp3) is 0.846. The Hall–Kier alpha value is -1.25. The van der Waals surface area contributed by atoms with Crippen molar-refractivity contribution >= 4 is 19.8 Å². The second kappa shape index (κ2) is 20.8. The number of ether oxygens (including phenoxy) is 2. The average Bonchev–Trinajstić information content (AvgIpc) is 2.80. The lowest BCUT2D eigenvalue weighted by Gasteiger charge is -2.28. The van der Waals surface area contributed by atoms with Crippen LogP contribution < -0.4 is 4.89 Å². The molecular weight excluding hydrogens is 485 g/mol. The molecule has 0 N–H and O–H groups in total. The Kier molecular flexibility index (Phi) is 20.0. The number of hydrogen-bond donors (Lipinski definition) is 0. The molecule has 0 heterocycles. The summed E-state index contributed by atoms with van der Waals surface area (Å²) < 4.78 is 32.7. The minimum Gasteiger partial charge on any atom is -0.756 e. The Bertz CT molecular complexity index is 663. The van der Waals surface area contributed by atoms with Crippen molar-refractivity contribution in [3.63, 3.8) is 0 Å². The van der Waals surface area contributed by atoms with Gasteiger partial charge in [-0.15, -0.1) is 0 Å². The van der Waals surface area contributed by atoms with Crippen molar-refractivity contribution in [2.45, 2.75) is 97.0 Å². The Morgan fingerprint density at radius 2 is 1.47 bits per heavy atom. The zero-order valence-electron chi connectivity index (χ0n) is 23.2. The van der Waals surface area contributed by atoms with Crippen LogP contribution in [0.5, 0.6) is 0 Å². The van der Waals surface area contributed by atoms with Gasteiger partial charge in [-0.2, -0.15) is 0 Å². The first-order valence-corrected chi connectivity index (χ1v) is 14.9. The van der Waals surface area contributed by atoms with E-state index in [1.165, 1.54) is 19.3 Å². The molecule has 0 radical (unpaired) electrons. The number of rotatable bonds is 23. The molecule has 0 aliphatic heterocycles. The number of carbonyl (C=O) groups is 2. The molecule has 2 unspecified atom stereocenters. The van der Waals surface area contributed by atoms with Crippen LogP contribution in [0.2, 0.25) is 0 Å². The molecule has 0 spiro atoms. The summed E-state index contributed by atoms with van der Waals surface area (Å²) in [5.74, 6) is -0.950. The molecule has 9 nitrogen and oxygen atoms in total. The van der Waals surface area contributed by atoms with E-state index in [4.69, 9.17) is 18.5 Å². The van der Waals surface area contributed by atoms with Gasteiger partial charge in [-0.05, 0) is 32.1 Å². The molecule has 0 aromatic carbocycles. The van der Waals surface area contributed by atoms with E-state index in [0.29, 0.717) is 17.4 Å². The number of phosphoric ester groups is 1. The number of hydrogen-bond acceptors (Lipinski definition) is 8. The first-order chi connectivity index (χ1) is 17.0. The van der Waals surface area contributed by atoms with E-state index in [0.717, 1.165) is 38.5 Å². The molecule has 0 aliphatic rings. The van der Waals surface area contributed by atoms with Crippen LogP contribution >= 0.6 is 7.82 Å². The number of esters is 2. The highest BCUT2D eigenvalue weighted by atomic mass is 31.2. The van der Waals surface area contributed by atoms with Crippen molar-refractivity contribution in [1.82, 2.24) is 0 Å². The van der Waals surface area contributed by atoms with E-state index in [1.807, 2.05) is 21.1 Å². The molecule has 0 rings (SSSR count). The van der Waals surface area contributed by atoms with Crippen molar-refractivity contribution in [2.75, 3.05) is 47.5 Å². The second-order valence-electron chi connectivity index (χ2n) is 10.0. The van der Waals surface area contributed by atoms with Gasteiger partial charge in [0.2, 0.25) is 0 Å². The molecule has 0 saturated carbocycles. The summed E-state index contributed by atoms with van der Waals surface area (Å²) in [6.07, 6.45) is 14.8. The van der Waals surface area contributed by atoms with Gasteiger partial charge in [-0.3, -0.25) is 14.2 Å². The third kappa shape index (κ3) is 23.2. The highest BCUT2D eigenvalue weighted by Gasteiger charge is 2.21. The second-order valence-corrected chi connectivity index (χ2v) is 11.4. The first-order valence-electron chi connectivity index (χ1n) is 13.4. The topological polar surface area (TPSA) is 111 Å². The molecule has 0 aromatic rings. The molecule has 0 amide bonds. The summed E-state index contributed by atoms with van der Waals surface area (Å²) in [6, 6.07) is 0. The molecule has 2 atom stereocenters. The maximum Gasteiger partial charge on any atom is 0.306 e. The Morgan fingerprint density at radius 3 is 2.08 bits per heavy atom. The summed E-state index contributed by atoms with van der Waals surface area (Å²) in [5.41, 5.74) is 0. The Balaban J connectivity index is 4.27. The predicted molar refractivity (Wildman–Crippen MR) is 139 cm³/mol. The van der Waals surface area contributed by atoms with Crippen LogP contribution in [-0.4, -0.2) is 70.0 Å². The van der Waals surface area contributed by atoms with Gasteiger partial charge < -0.3 is 27.9 Å². The van der Waals surface area contributed by atoms with Crippen molar-refractivity contribution in [3.8, 4) is 0 Å². The lowest BCUT2D eigenvalue weighted by atomic mass is 10.1. The van der Waals surface area contributed by atoms with E-state index in [1.54, 1.807) is 6.92 Å². The van der Waals surface area contributed by atoms with Crippen LogP contribution in [0.1, 0.15) is 90.9 Å². The fourth-order valence-corrected chi connectivity index (χ4v) is 3.83. The van der Waals surface area contributed by atoms with Crippen LogP contribution in [0, 0.1) is 0 Å². The molecule has 0 aromatic heterocycles. The Morgan fingerprint density at radius 1 is 0.861 bits per heavy atom. The number of phosphoric acid groups is 1. The van der Waals surface area contributed by atoms with Crippen molar-refractivity contribution in [2.24, 2.45) is 0 Å². The minimum atomic E-state index is -4.58. The lowest BCUT2D eigenvalue weighted by Crippen LogP contribution is -2.37. The number of allylic oxidation sites excluding steroid dienone is 2. The summed E-state index contributed by atoms with van der Waals surface area (Å²) >= 11 is 0. The number of unbranched alkanes of at least 4 members (excludes halogenated alkanes) is 8. The SMILES string of the molecule is CCCCC/C=C\CCCCCCCC(=O)OC(COC(=O)CC)COP(=O)([O-])OCC[N+](C)(C)C. The lowest BCUT2D eigenvalue weighted by molar-refractivity contribution is -0.870.